The summed E-state index contributed by atoms with van der Waals surface area (Å²) in [7, 11) is 0. The highest BCUT2D eigenvalue weighted by molar-refractivity contribution is 7.21. The Hall–Kier alpha value is -2.20. The van der Waals surface area contributed by atoms with Crippen LogP contribution in [0.2, 0.25) is 0 Å². The molecule has 0 atom stereocenters. The third-order valence-electron chi connectivity index (χ3n) is 3.42. The van der Waals surface area contributed by atoms with Gasteiger partial charge in [-0.2, -0.15) is 0 Å². The number of hydrogen-bond donors (Lipinski definition) is 1. The molecule has 0 aliphatic rings. The van der Waals surface area contributed by atoms with E-state index in [1.165, 1.54) is 17.4 Å². The van der Waals surface area contributed by atoms with E-state index in [4.69, 9.17) is 0 Å². The lowest BCUT2D eigenvalue weighted by Crippen LogP contribution is -2.11. The van der Waals surface area contributed by atoms with Crippen LogP contribution in [0.3, 0.4) is 0 Å². The summed E-state index contributed by atoms with van der Waals surface area (Å²) in [4.78, 5) is 12.9. The van der Waals surface area contributed by atoms with Crippen molar-refractivity contribution in [2.75, 3.05) is 5.32 Å². The van der Waals surface area contributed by atoms with Crippen molar-refractivity contribution in [2.24, 2.45) is 0 Å². The first kappa shape index (κ1) is 13.8. The number of aryl methyl sites for hydroxylation is 2. The van der Waals surface area contributed by atoms with Crippen molar-refractivity contribution >= 4 is 33.0 Å². The van der Waals surface area contributed by atoms with Crippen LogP contribution >= 0.6 is 11.3 Å². The highest BCUT2D eigenvalue weighted by atomic mass is 32.1. The Morgan fingerprint density at radius 1 is 1.10 bits per heavy atom. The number of hydrogen-bond acceptors (Lipinski definition) is 2. The molecule has 106 valence electrons. The molecule has 1 N–H and O–H groups in total. The second-order valence-electron chi connectivity index (χ2n) is 4.99. The van der Waals surface area contributed by atoms with Gasteiger partial charge < -0.3 is 5.32 Å². The average Bonchev–Trinajstić information content (AvgIpc) is 2.80. The van der Waals surface area contributed by atoms with E-state index in [1.807, 2.05) is 37.3 Å². The fourth-order valence-corrected chi connectivity index (χ4v) is 3.41. The molecule has 0 aliphatic carbocycles. The van der Waals surface area contributed by atoms with Gasteiger partial charge in [-0.05, 0) is 43.7 Å². The van der Waals surface area contributed by atoms with E-state index < -0.39 is 0 Å². The summed E-state index contributed by atoms with van der Waals surface area (Å²) in [5, 5.41) is 3.39. The average molecular weight is 299 g/mol. The first-order valence-corrected chi connectivity index (χ1v) is 7.43. The van der Waals surface area contributed by atoms with Crippen LogP contribution in [0.1, 0.15) is 20.8 Å². The number of benzene rings is 2. The third-order valence-corrected chi connectivity index (χ3v) is 4.67. The molecule has 0 spiro atoms. The standard InChI is InChI=1S/C17H14FNOS/c1-10-6-8-12(9-7-10)19-17(20)16-11(2)15-13(18)4-3-5-14(15)21-16/h3-9H,1-2H3,(H,19,20). The number of carbonyl (C=O) groups is 1. The maximum Gasteiger partial charge on any atom is 0.266 e. The van der Waals surface area contributed by atoms with Gasteiger partial charge in [-0.15, -0.1) is 11.3 Å². The second kappa shape index (κ2) is 5.30. The van der Waals surface area contributed by atoms with E-state index in [2.05, 4.69) is 5.32 Å². The van der Waals surface area contributed by atoms with Crippen molar-refractivity contribution in [3.63, 3.8) is 0 Å². The van der Waals surface area contributed by atoms with Gasteiger partial charge in [0.25, 0.3) is 5.91 Å². The number of anilines is 1. The van der Waals surface area contributed by atoms with Crippen molar-refractivity contribution < 1.29 is 9.18 Å². The largest absolute Gasteiger partial charge is 0.321 e. The van der Waals surface area contributed by atoms with E-state index in [0.717, 1.165) is 16.0 Å². The zero-order valence-electron chi connectivity index (χ0n) is 11.7. The Labute approximate surface area is 126 Å². The van der Waals surface area contributed by atoms with Gasteiger partial charge in [0.1, 0.15) is 5.82 Å². The number of nitrogens with one attached hydrogen (secondary N) is 1. The highest BCUT2D eigenvalue weighted by Gasteiger charge is 2.17. The summed E-state index contributed by atoms with van der Waals surface area (Å²) in [6.45, 7) is 3.77. The summed E-state index contributed by atoms with van der Waals surface area (Å²) in [6.07, 6.45) is 0. The summed E-state index contributed by atoms with van der Waals surface area (Å²) in [5.74, 6) is -0.479. The van der Waals surface area contributed by atoms with Gasteiger partial charge in [0.2, 0.25) is 0 Å². The molecule has 1 aromatic heterocycles. The third kappa shape index (κ3) is 2.54. The predicted octanol–water partition coefficient (Wildman–Crippen LogP) is 4.91. The van der Waals surface area contributed by atoms with Crippen LogP contribution in [0.25, 0.3) is 10.1 Å². The number of halogens is 1. The molecule has 3 rings (SSSR count). The Morgan fingerprint density at radius 2 is 1.81 bits per heavy atom. The minimum atomic E-state index is -0.282. The fraction of sp³-hybridized carbons (Fsp3) is 0.118. The van der Waals surface area contributed by atoms with Gasteiger partial charge in [-0.3, -0.25) is 4.79 Å². The van der Waals surface area contributed by atoms with Gasteiger partial charge in [-0.25, -0.2) is 4.39 Å². The molecule has 21 heavy (non-hydrogen) atoms. The predicted molar refractivity (Wildman–Crippen MR) is 85.7 cm³/mol. The maximum atomic E-state index is 13.9. The number of fused-ring (bicyclic) bond motifs is 1. The van der Waals surface area contributed by atoms with E-state index >= 15 is 0 Å². The quantitative estimate of drug-likeness (QED) is 0.715. The first-order valence-electron chi connectivity index (χ1n) is 6.62. The molecule has 2 nitrogen and oxygen atoms in total. The van der Waals surface area contributed by atoms with Crippen LogP contribution < -0.4 is 5.32 Å². The van der Waals surface area contributed by atoms with Gasteiger partial charge in [0.05, 0.1) is 4.88 Å². The maximum absolute atomic E-state index is 13.9. The van der Waals surface area contributed by atoms with Crippen LogP contribution in [0.4, 0.5) is 10.1 Å². The second-order valence-corrected chi connectivity index (χ2v) is 6.04. The summed E-state index contributed by atoms with van der Waals surface area (Å²) < 4.78 is 14.7. The zero-order chi connectivity index (χ0) is 15.0. The normalized spacial score (nSPS) is 10.8. The molecule has 1 amide bonds. The van der Waals surface area contributed by atoms with Gasteiger partial charge >= 0.3 is 0 Å². The zero-order valence-corrected chi connectivity index (χ0v) is 12.6. The minimum absolute atomic E-state index is 0.197. The molecular formula is C17H14FNOS. The molecular weight excluding hydrogens is 285 g/mol. The highest BCUT2D eigenvalue weighted by Crippen LogP contribution is 2.33. The first-order chi connectivity index (χ1) is 10.1. The van der Waals surface area contributed by atoms with Crippen LogP contribution in [-0.4, -0.2) is 5.91 Å². The molecule has 0 unspecified atom stereocenters. The lowest BCUT2D eigenvalue weighted by Gasteiger charge is -2.04. The molecule has 1 heterocycles. The molecule has 0 saturated carbocycles. The molecule has 0 bridgehead atoms. The molecule has 0 saturated heterocycles. The van der Waals surface area contributed by atoms with Crippen LogP contribution in [-0.2, 0) is 0 Å². The van der Waals surface area contributed by atoms with E-state index in [-0.39, 0.29) is 11.7 Å². The van der Waals surface area contributed by atoms with Crippen molar-refractivity contribution in [2.45, 2.75) is 13.8 Å². The van der Waals surface area contributed by atoms with Crippen molar-refractivity contribution in [3.05, 3.63) is 64.3 Å². The van der Waals surface area contributed by atoms with Gasteiger partial charge in [-0.1, -0.05) is 23.8 Å². The Balaban J connectivity index is 1.96. The molecule has 2 aromatic carbocycles. The lowest BCUT2D eigenvalue weighted by atomic mass is 10.1. The van der Waals surface area contributed by atoms with Crippen molar-refractivity contribution in [1.82, 2.24) is 0 Å². The molecule has 0 fully saturated rings. The van der Waals surface area contributed by atoms with E-state index in [1.54, 1.807) is 13.0 Å². The number of amides is 1. The number of rotatable bonds is 2. The number of thiophene rings is 1. The molecule has 4 heteroatoms. The van der Waals surface area contributed by atoms with Gasteiger partial charge in [0, 0.05) is 15.8 Å². The minimum Gasteiger partial charge on any atom is -0.321 e. The van der Waals surface area contributed by atoms with Crippen molar-refractivity contribution in [1.29, 1.82) is 0 Å². The monoisotopic (exact) mass is 299 g/mol. The lowest BCUT2D eigenvalue weighted by molar-refractivity contribution is 0.103. The van der Waals surface area contributed by atoms with Crippen LogP contribution in [0, 0.1) is 19.7 Å². The van der Waals surface area contributed by atoms with Crippen LogP contribution in [0.15, 0.2) is 42.5 Å². The Morgan fingerprint density at radius 3 is 2.48 bits per heavy atom. The fourth-order valence-electron chi connectivity index (χ4n) is 2.29. The topological polar surface area (TPSA) is 29.1 Å². The summed E-state index contributed by atoms with van der Waals surface area (Å²) >= 11 is 1.32. The van der Waals surface area contributed by atoms with Crippen molar-refractivity contribution in [3.8, 4) is 0 Å². The summed E-state index contributed by atoms with van der Waals surface area (Å²) in [5.41, 5.74) is 2.56. The molecule has 0 aliphatic heterocycles. The van der Waals surface area contributed by atoms with Gasteiger partial charge in [0.15, 0.2) is 0 Å². The smallest absolute Gasteiger partial charge is 0.266 e. The van der Waals surface area contributed by atoms with Crippen LogP contribution in [0.5, 0.6) is 0 Å². The Bertz CT molecular complexity index is 821. The molecule has 3 aromatic rings. The number of carbonyl (C=O) groups excluding carboxylic acids is 1. The SMILES string of the molecule is Cc1ccc(NC(=O)c2sc3cccc(F)c3c2C)cc1. The molecule has 0 radical (unpaired) electrons. The summed E-state index contributed by atoms with van der Waals surface area (Å²) in [6, 6.07) is 12.5. The van der Waals surface area contributed by atoms with E-state index in [0.29, 0.717) is 15.8 Å². The van der Waals surface area contributed by atoms with E-state index in [9.17, 15) is 9.18 Å². The Kier molecular flexibility index (Phi) is 3.47.